The van der Waals surface area contributed by atoms with E-state index < -0.39 is 0 Å². The van der Waals surface area contributed by atoms with Crippen molar-refractivity contribution in [2.45, 2.75) is 33.4 Å². The number of nitrogens with one attached hydrogen (secondary N) is 1. The standard InChI is InChI=1S/C12H23N3O.ClH/c1-10(2)8-16-9-11(3)13-5-12-6-14-15(4)7-12;/h6-7,10-11,13H,5,8-9H2,1-4H3;1H. The quantitative estimate of drug-likeness (QED) is 0.816. The number of nitrogens with zero attached hydrogens (tertiary/aromatic N) is 2. The Labute approximate surface area is 110 Å². The fraction of sp³-hybridized carbons (Fsp3) is 0.750. The van der Waals surface area contributed by atoms with Crippen molar-refractivity contribution >= 4 is 12.4 Å². The zero-order valence-corrected chi connectivity index (χ0v) is 12.0. The molecule has 100 valence electrons. The van der Waals surface area contributed by atoms with Crippen molar-refractivity contribution in [3.8, 4) is 0 Å². The van der Waals surface area contributed by atoms with Crippen molar-refractivity contribution < 1.29 is 4.74 Å². The van der Waals surface area contributed by atoms with E-state index in [4.69, 9.17) is 4.74 Å². The van der Waals surface area contributed by atoms with Crippen LogP contribution in [0.15, 0.2) is 12.4 Å². The molecule has 0 aliphatic heterocycles. The number of hydrogen-bond donors (Lipinski definition) is 1. The van der Waals surface area contributed by atoms with Gasteiger partial charge in [0.05, 0.1) is 12.8 Å². The second kappa shape index (κ2) is 8.50. The molecular formula is C12H24ClN3O. The molecule has 0 radical (unpaired) electrons. The second-order valence-electron chi connectivity index (χ2n) is 4.74. The van der Waals surface area contributed by atoms with Crippen LogP contribution in [0.3, 0.4) is 0 Å². The van der Waals surface area contributed by atoms with E-state index >= 15 is 0 Å². The van der Waals surface area contributed by atoms with Crippen LogP contribution in [0.2, 0.25) is 0 Å². The molecule has 0 aliphatic rings. The summed E-state index contributed by atoms with van der Waals surface area (Å²) in [5.74, 6) is 0.602. The number of aromatic nitrogens is 2. The first-order chi connectivity index (χ1) is 7.58. The van der Waals surface area contributed by atoms with E-state index in [1.165, 1.54) is 5.56 Å². The molecule has 0 bridgehead atoms. The molecule has 4 nitrogen and oxygen atoms in total. The van der Waals surface area contributed by atoms with Gasteiger partial charge in [0, 0.05) is 38.0 Å². The summed E-state index contributed by atoms with van der Waals surface area (Å²) in [5, 5.41) is 7.53. The summed E-state index contributed by atoms with van der Waals surface area (Å²) in [7, 11) is 1.93. The van der Waals surface area contributed by atoms with E-state index in [9.17, 15) is 0 Å². The van der Waals surface area contributed by atoms with Crippen LogP contribution in [0, 0.1) is 5.92 Å². The van der Waals surface area contributed by atoms with E-state index in [2.05, 4.69) is 31.2 Å². The van der Waals surface area contributed by atoms with Gasteiger partial charge in [0.1, 0.15) is 0 Å². The number of aryl methyl sites for hydroxylation is 1. The Morgan fingerprint density at radius 3 is 2.59 bits per heavy atom. The molecule has 17 heavy (non-hydrogen) atoms. The van der Waals surface area contributed by atoms with Crippen molar-refractivity contribution in [2.75, 3.05) is 13.2 Å². The molecule has 1 aromatic heterocycles. The summed E-state index contributed by atoms with van der Waals surface area (Å²) in [6.45, 7) is 8.90. The van der Waals surface area contributed by atoms with E-state index in [1.807, 2.05) is 24.1 Å². The highest BCUT2D eigenvalue weighted by Crippen LogP contribution is 1.98. The van der Waals surface area contributed by atoms with Gasteiger partial charge in [0.15, 0.2) is 0 Å². The van der Waals surface area contributed by atoms with E-state index in [0.717, 1.165) is 19.8 Å². The van der Waals surface area contributed by atoms with Crippen LogP contribution in [0.5, 0.6) is 0 Å². The molecule has 0 amide bonds. The summed E-state index contributed by atoms with van der Waals surface area (Å²) < 4.78 is 7.38. The molecule has 0 saturated carbocycles. The van der Waals surface area contributed by atoms with Gasteiger partial charge in [0.2, 0.25) is 0 Å². The zero-order valence-electron chi connectivity index (χ0n) is 11.1. The SMILES string of the molecule is CC(C)COCC(C)NCc1cnn(C)c1.Cl. The van der Waals surface area contributed by atoms with Gasteiger partial charge in [-0.15, -0.1) is 12.4 Å². The summed E-state index contributed by atoms with van der Waals surface area (Å²) in [6.07, 6.45) is 3.91. The van der Waals surface area contributed by atoms with E-state index in [1.54, 1.807) is 0 Å². The van der Waals surface area contributed by atoms with Gasteiger partial charge < -0.3 is 10.1 Å². The minimum atomic E-state index is 0. The second-order valence-corrected chi connectivity index (χ2v) is 4.74. The molecule has 1 unspecified atom stereocenters. The third kappa shape index (κ3) is 7.36. The van der Waals surface area contributed by atoms with Crippen LogP contribution in [0.25, 0.3) is 0 Å². The predicted octanol–water partition coefficient (Wildman–Crippen LogP) is 1.99. The predicted molar refractivity (Wildman–Crippen MR) is 72.4 cm³/mol. The Morgan fingerprint density at radius 2 is 2.06 bits per heavy atom. The topological polar surface area (TPSA) is 39.1 Å². The third-order valence-corrected chi connectivity index (χ3v) is 2.23. The minimum Gasteiger partial charge on any atom is -0.380 e. The summed E-state index contributed by atoms with van der Waals surface area (Å²) in [4.78, 5) is 0. The molecule has 1 atom stereocenters. The van der Waals surface area contributed by atoms with Crippen LogP contribution in [-0.4, -0.2) is 29.0 Å². The fourth-order valence-electron chi connectivity index (χ4n) is 1.39. The molecule has 0 spiro atoms. The van der Waals surface area contributed by atoms with Crippen molar-refractivity contribution in [1.29, 1.82) is 0 Å². The first-order valence-electron chi connectivity index (χ1n) is 5.86. The van der Waals surface area contributed by atoms with Gasteiger partial charge in [-0.25, -0.2) is 0 Å². The van der Waals surface area contributed by atoms with Crippen LogP contribution in [0.4, 0.5) is 0 Å². The third-order valence-electron chi connectivity index (χ3n) is 2.23. The van der Waals surface area contributed by atoms with Crippen molar-refractivity contribution in [1.82, 2.24) is 15.1 Å². The van der Waals surface area contributed by atoms with Gasteiger partial charge in [-0.05, 0) is 12.8 Å². The molecular weight excluding hydrogens is 238 g/mol. The molecule has 1 aromatic rings. The van der Waals surface area contributed by atoms with Crippen LogP contribution >= 0.6 is 12.4 Å². The molecule has 0 aromatic carbocycles. The maximum atomic E-state index is 5.57. The van der Waals surface area contributed by atoms with Crippen LogP contribution in [0.1, 0.15) is 26.3 Å². The lowest BCUT2D eigenvalue weighted by Gasteiger charge is -2.14. The zero-order chi connectivity index (χ0) is 12.0. The number of halogens is 1. The van der Waals surface area contributed by atoms with Crippen LogP contribution < -0.4 is 5.32 Å². The summed E-state index contributed by atoms with van der Waals surface area (Å²) >= 11 is 0. The van der Waals surface area contributed by atoms with Gasteiger partial charge in [-0.1, -0.05) is 13.8 Å². The molecule has 5 heteroatoms. The Balaban J connectivity index is 0.00000256. The Morgan fingerprint density at radius 1 is 1.35 bits per heavy atom. The molecule has 1 rings (SSSR count). The van der Waals surface area contributed by atoms with E-state index in [0.29, 0.717) is 12.0 Å². The lowest BCUT2D eigenvalue weighted by atomic mass is 10.2. The minimum absolute atomic E-state index is 0. The Bertz CT molecular complexity index is 302. The van der Waals surface area contributed by atoms with Crippen molar-refractivity contribution in [2.24, 2.45) is 13.0 Å². The smallest absolute Gasteiger partial charge is 0.0617 e. The van der Waals surface area contributed by atoms with E-state index in [-0.39, 0.29) is 12.4 Å². The number of ether oxygens (including phenoxy) is 1. The highest BCUT2D eigenvalue weighted by molar-refractivity contribution is 5.85. The molecule has 1 N–H and O–H groups in total. The van der Waals surface area contributed by atoms with Crippen LogP contribution in [-0.2, 0) is 18.3 Å². The lowest BCUT2D eigenvalue weighted by molar-refractivity contribution is 0.0935. The average molecular weight is 262 g/mol. The van der Waals surface area contributed by atoms with Gasteiger partial charge in [0.25, 0.3) is 0 Å². The highest BCUT2D eigenvalue weighted by atomic mass is 35.5. The maximum absolute atomic E-state index is 5.57. The van der Waals surface area contributed by atoms with Gasteiger partial charge in [-0.2, -0.15) is 5.10 Å². The molecule has 0 aliphatic carbocycles. The lowest BCUT2D eigenvalue weighted by Crippen LogP contribution is -2.30. The number of rotatable bonds is 7. The highest BCUT2D eigenvalue weighted by Gasteiger charge is 2.03. The molecule has 0 saturated heterocycles. The fourth-order valence-corrected chi connectivity index (χ4v) is 1.39. The normalized spacial score (nSPS) is 12.5. The summed E-state index contributed by atoms with van der Waals surface area (Å²) in [6, 6.07) is 0.374. The first kappa shape index (κ1) is 16.4. The van der Waals surface area contributed by atoms with Gasteiger partial charge >= 0.3 is 0 Å². The summed E-state index contributed by atoms with van der Waals surface area (Å²) in [5.41, 5.74) is 1.21. The first-order valence-corrected chi connectivity index (χ1v) is 5.86. The largest absolute Gasteiger partial charge is 0.380 e. The molecule has 1 heterocycles. The van der Waals surface area contributed by atoms with Gasteiger partial charge in [-0.3, -0.25) is 4.68 Å². The Kier molecular flexibility index (Phi) is 8.21. The molecule has 0 fully saturated rings. The Hall–Kier alpha value is -0.580. The monoisotopic (exact) mass is 261 g/mol. The maximum Gasteiger partial charge on any atom is 0.0617 e. The van der Waals surface area contributed by atoms with Crippen molar-refractivity contribution in [3.63, 3.8) is 0 Å². The average Bonchev–Trinajstić information content (AvgIpc) is 2.61. The number of hydrogen-bond acceptors (Lipinski definition) is 3. The van der Waals surface area contributed by atoms with Crippen molar-refractivity contribution in [3.05, 3.63) is 18.0 Å².